The maximum absolute atomic E-state index is 5.45. The van der Waals surface area contributed by atoms with E-state index in [0.29, 0.717) is 5.82 Å². The number of nitrogen functional groups attached to an aromatic ring is 1. The summed E-state index contributed by atoms with van der Waals surface area (Å²) in [6.07, 6.45) is 0. The van der Waals surface area contributed by atoms with E-state index in [4.69, 9.17) is 5.73 Å². The Morgan fingerprint density at radius 1 is 1.33 bits per heavy atom. The second-order valence-corrected chi connectivity index (χ2v) is 4.40. The highest BCUT2D eigenvalue weighted by atomic mass is 15.2. The predicted molar refractivity (Wildman–Crippen MR) is 62.7 cm³/mol. The third-order valence-electron chi connectivity index (χ3n) is 2.60. The van der Waals surface area contributed by atoms with Crippen molar-refractivity contribution in [1.29, 1.82) is 0 Å². The van der Waals surface area contributed by atoms with Gasteiger partial charge in [0.1, 0.15) is 11.6 Å². The number of anilines is 2. The first-order valence-corrected chi connectivity index (χ1v) is 4.92. The first-order chi connectivity index (χ1) is 6.92. The molecule has 0 unspecified atom stereocenters. The van der Waals surface area contributed by atoms with E-state index in [1.807, 2.05) is 6.07 Å². The van der Waals surface area contributed by atoms with Crippen LogP contribution in [0.2, 0.25) is 0 Å². The van der Waals surface area contributed by atoms with Crippen LogP contribution in [0.4, 0.5) is 11.6 Å². The van der Waals surface area contributed by atoms with Crippen LogP contribution in [-0.4, -0.2) is 41.3 Å². The number of likely N-dealkylation sites (N-methyl/N-ethyl adjacent to an activating group) is 1. The summed E-state index contributed by atoms with van der Waals surface area (Å²) < 4.78 is 0. The Balaban J connectivity index is 2.54. The van der Waals surface area contributed by atoms with Crippen molar-refractivity contribution in [3.05, 3.63) is 12.1 Å². The second kappa shape index (κ2) is 4.44. The van der Waals surface area contributed by atoms with Crippen LogP contribution in [0.1, 0.15) is 13.8 Å². The zero-order chi connectivity index (χ0) is 11.5. The number of nitrogens with zero attached hydrogens (tertiary/aromatic N) is 3. The molecule has 3 N–H and O–H groups in total. The largest absolute Gasteiger partial charge is 0.382 e. The van der Waals surface area contributed by atoms with Crippen LogP contribution >= 0.6 is 0 Å². The van der Waals surface area contributed by atoms with Crippen LogP contribution in [0.5, 0.6) is 0 Å². The van der Waals surface area contributed by atoms with Crippen molar-refractivity contribution in [3.63, 3.8) is 0 Å². The minimum absolute atomic E-state index is 0.0725. The van der Waals surface area contributed by atoms with E-state index in [1.165, 1.54) is 0 Å². The molecule has 0 fully saturated rings. The van der Waals surface area contributed by atoms with Gasteiger partial charge in [0.25, 0.3) is 0 Å². The minimum Gasteiger partial charge on any atom is -0.382 e. The van der Waals surface area contributed by atoms with Gasteiger partial charge in [-0.15, -0.1) is 10.2 Å². The van der Waals surface area contributed by atoms with Gasteiger partial charge in [0.15, 0.2) is 0 Å². The molecule has 0 spiro atoms. The Morgan fingerprint density at radius 2 is 2.00 bits per heavy atom. The summed E-state index contributed by atoms with van der Waals surface area (Å²) in [4.78, 5) is 2.16. The Hall–Kier alpha value is -1.36. The molecule has 0 aromatic carbocycles. The Morgan fingerprint density at radius 3 is 2.47 bits per heavy atom. The first kappa shape index (κ1) is 11.7. The maximum Gasteiger partial charge on any atom is 0.148 e. The van der Waals surface area contributed by atoms with E-state index in [0.717, 1.165) is 12.4 Å². The molecule has 5 heteroatoms. The summed E-state index contributed by atoms with van der Waals surface area (Å²) in [5.41, 5.74) is 5.52. The minimum atomic E-state index is 0.0725. The molecular formula is C10H19N5. The van der Waals surface area contributed by atoms with Crippen molar-refractivity contribution in [2.45, 2.75) is 19.4 Å². The SMILES string of the molecule is CN(C)C(C)(C)CNc1ccc(N)nn1. The molecule has 0 saturated heterocycles. The number of nitrogens with two attached hydrogens (primary N) is 1. The van der Waals surface area contributed by atoms with Crippen LogP contribution in [0.3, 0.4) is 0 Å². The molecule has 1 rings (SSSR count). The number of rotatable bonds is 4. The lowest BCUT2D eigenvalue weighted by molar-refractivity contribution is 0.210. The van der Waals surface area contributed by atoms with Crippen LogP contribution in [-0.2, 0) is 0 Å². The molecule has 0 aliphatic rings. The fraction of sp³-hybridized carbons (Fsp3) is 0.600. The van der Waals surface area contributed by atoms with Crippen LogP contribution < -0.4 is 11.1 Å². The van der Waals surface area contributed by atoms with Crippen molar-refractivity contribution < 1.29 is 0 Å². The number of aromatic nitrogens is 2. The lowest BCUT2D eigenvalue weighted by Crippen LogP contribution is -2.44. The predicted octanol–water partition coefficient (Wildman–Crippen LogP) is 0.811. The molecule has 0 radical (unpaired) electrons. The van der Waals surface area contributed by atoms with Crippen molar-refractivity contribution in [2.75, 3.05) is 31.7 Å². The van der Waals surface area contributed by atoms with E-state index in [2.05, 4.69) is 48.4 Å². The Labute approximate surface area is 90.7 Å². The molecule has 15 heavy (non-hydrogen) atoms. The van der Waals surface area contributed by atoms with Crippen molar-refractivity contribution in [3.8, 4) is 0 Å². The monoisotopic (exact) mass is 209 g/mol. The molecule has 0 aliphatic heterocycles. The number of hydrogen-bond acceptors (Lipinski definition) is 5. The van der Waals surface area contributed by atoms with Gasteiger partial charge in [-0.05, 0) is 40.1 Å². The van der Waals surface area contributed by atoms with Gasteiger partial charge >= 0.3 is 0 Å². The van der Waals surface area contributed by atoms with Crippen molar-refractivity contribution >= 4 is 11.6 Å². The Bertz CT molecular complexity index is 304. The van der Waals surface area contributed by atoms with Gasteiger partial charge in [0.05, 0.1) is 0 Å². The lowest BCUT2D eigenvalue weighted by atomic mass is 10.0. The van der Waals surface area contributed by atoms with Crippen LogP contribution in [0, 0.1) is 0 Å². The van der Waals surface area contributed by atoms with Gasteiger partial charge in [-0.3, -0.25) is 0 Å². The standard InChI is InChI=1S/C10H19N5/c1-10(2,15(3)4)7-12-9-6-5-8(11)13-14-9/h5-6H,7H2,1-4H3,(H2,11,13)(H,12,14). The first-order valence-electron chi connectivity index (χ1n) is 4.92. The van der Waals surface area contributed by atoms with Crippen LogP contribution in [0.15, 0.2) is 12.1 Å². The van der Waals surface area contributed by atoms with Crippen molar-refractivity contribution in [1.82, 2.24) is 15.1 Å². The summed E-state index contributed by atoms with van der Waals surface area (Å²) in [5.74, 6) is 1.19. The zero-order valence-corrected chi connectivity index (χ0v) is 9.78. The van der Waals surface area contributed by atoms with Gasteiger partial charge in [0.2, 0.25) is 0 Å². The molecule has 0 bridgehead atoms. The normalized spacial score (nSPS) is 11.8. The summed E-state index contributed by atoms with van der Waals surface area (Å²) in [7, 11) is 4.10. The molecule has 5 nitrogen and oxygen atoms in total. The van der Waals surface area contributed by atoms with Crippen molar-refractivity contribution in [2.24, 2.45) is 0 Å². The van der Waals surface area contributed by atoms with Crippen LogP contribution in [0.25, 0.3) is 0 Å². The van der Waals surface area contributed by atoms with Gasteiger partial charge in [-0.2, -0.15) is 0 Å². The van der Waals surface area contributed by atoms with Gasteiger partial charge in [-0.25, -0.2) is 0 Å². The average Bonchev–Trinajstić information content (AvgIpc) is 2.17. The van der Waals surface area contributed by atoms with E-state index in [9.17, 15) is 0 Å². The van der Waals surface area contributed by atoms with E-state index < -0.39 is 0 Å². The van der Waals surface area contributed by atoms with E-state index in [-0.39, 0.29) is 5.54 Å². The second-order valence-electron chi connectivity index (χ2n) is 4.40. The smallest absolute Gasteiger partial charge is 0.148 e. The Kier molecular flexibility index (Phi) is 3.47. The number of nitrogens with one attached hydrogen (secondary N) is 1. The molecule has 84 valence electrons. The van der Waals surface area contributed by atoms with Gasteiger partial charge in [0, 0.05) is 12.1 Å². The highest BCUT2D eigenvalue weighted by Gasteiger charge is 2.19. The molecule has 0 amide bonds. The topological polar surface area (TPSA) is 67.1 Å². The van der Waals surface area contributed by atoms with E-state index in [1.54, 1.807) is 6.07 Å². The average molecular weight is 209 g/mol. The molecule has 0 atom stereocenters. The fourth-order valence-electron chi connectivity index (χ4n) is 0.902. The molecule has 0 aliphatic carbocycles. The fourth-order valence-corrected chi connectivity index (χ4v) is 0.902. The highest BCUT2D eigenvalue weighted by molar-refractivity contribution is 5.38. The summed E-state index contributed by atoms with van der Waals surface area (Å²) >= 11 is 0. The summed E-state index contributed by atoms with van der Waals surface area (Å²) in [5, 5.41) is 10.9. The third-order valence-corrected chi connectivity index (χ3v) is 2.60. The zero-order valence-electron chi connectivity index (χ0n) is 9.78. The van der Waals surface area contributed by atoms with Gasteiger partial charge < -0.3 is 16.0 Å². The van der Waals surface area contributed by atoms with E-state index >= 15 is 0 Å². The highest BCUT2D eigenvalue weighted by Crippen LogP contribution is 2.11. The summed E-state index contributed by atoms with van der Waals surface area (Å²) in [6, 6.07) is 3.56. The molecule has 1 aromatic heterocycles. The quantitative estimate of drug-likeness (QED) is 0.768. The molecule has 0 saturated carbocycles. The summed E-state index contributed by atoms with van der Waals surface area (Å²) in [6.45, 7) is 5.12. The molecular weight excluding hydrogens is 190 g/mol. The molecule has 1 heterocycles. The molecule has 1 aromatic rings. The number of hydrogen-bond donors (Lipinski definition) is 2. The van der Waals surface area contributed by atoms with Gasteiger partial charge in [-0.1, -0.05) is 0 Å². The third kappa shape index (κ3) is 3.36. The lowest BCUT2D eigenvalue weighted by Gasteiger charge is -2.32. The maximum atomic E-state index is 5.45.